The van der Waals surface area contributed by atoms with Crippen molar-refractivity contribution in [3.8, 4) is 0 Å². The second kappa shape index (κ2) is 5.34. The van der Waals surface area contributed by atoms with E-state index in [1.54, 1.807) is 0 Å². The lowest BCUT2D eigenvalue weighted by Crippen LogP contribution is -2.55. The molecule has 0 aromatic heterocycles. The average molecular weight is 289 g/mol. The number of benzene rings is 1. The number of rotatable bonds is 2. The highest BCUT2D eigenvalue weighted by atomic mass is 32.1. The summed E-state index contributed by atoms with van der Waals surface area (Å²) in [6.07, 6.45) is 2.69. The first-order valence-corrected chi connectivity index (χ1v) is 7.88. The van der Waals surface area contributed by atoms with Crippen molar-refractivity contribution in [2.75, 3.05) is 24.5 Å². The Hall–Kier alpha value is -1.13. The minimum absolute atomic E-state index is 0.489. The molecule has 0 spiro atoms. The first-order valence-electron chi connectivity index (χ1n) is 7.47. The van der Waals surface area contributed by atoms with E-state index in [-0.39, 0.29) is 0 Å². The number of fused-ring (bicyclic) bond motifs is 1. The molecule has 2 unspecified atom stereocenters. The predicted octanol–water partition coefficient (Wildman–Crippen LogP) is 2.30. The summed E-state index contributed by atoms with van der Waals surface area (Å²) in [4.78, 5) is 5.68. The van der Waals surface area contributed by atoms with Crippen molar-refractivity contribution in [1.82, 2.24) is 4.90 Å². The van der Waals surface area contributed by atoms with E-state index in [9.17, 15) is 0 Å². The van der Waals surface area contributed by atoms with Gasteiger partial charge in [-0.15, -0.1) is 0 Å². The molecule has 2 saturated heterocycles. The van der Waals surface area contributed by atoms with Crippen molar-refractivity contribution in [3.63, 3.8) is 0 Å². The molecule has 2 fully saturated rings. The summed E-state index contributed by atoms with van der Waals surface area (Å²) >= 11 is 5.09. The number of nitrogens with two attached hydrogens (primary N) is 1. The second-order valence-corrected chi connectivity index (χ2v) is 6.60. The van der Waals surface area contributed by atoms with Gasteiger partial charge in [0.25, 0.3) is 0 Å². The summed E-state index contributed by atoms with van der Waals surface area (Å²) in [6, 6.07) is 7.78. The Kier molecular flexibility index (Phi) is 3.69. The molecule has 0 saturated carbocycles. The van der Waals surface area contributed by atoms with Crippen LogP contribution in [0.25, 0.3) is 0 Å². The third-order valence-corrected chi connectivity index (χ3v) is 4.96. The maximum absolute atomic E-state index is 5.75. The van der Waals surface area contributed by atoms with Crippen molar-refractivity contribution in [2.24, 2.45) is 5.73 Å². The van der Waals surface area contributed by atoms with Gasteiger partial charge in [0, 0.05) is 36.4 Å². The molecular weight excluding hydrogens is 266 g/mol. The topological polar surface area (TPSA) is 32.5 Å². The zero-order valence-corrected chi connectivity index (χ0v) is 13.1. The van der Waals surface area contributed by atoms with Crippen molar-refractivity contribution in [1.29, 1.82) is 0 Å². The van der Waals surface area contributed by atoms with Crippen LogP contribution in [0.1, 0.15) is 30.9 Å². The van der Waals surface area contributed by atoms with E-state index in [0.29, 0.717) is 11.0 Å². The van der Waals surface area contributed by atoms with Gasteiger partial charge in [0.05, 0.1) is 0 Å². The fourth-order valence-corrected chi connectivity index (χ4v) is 3.88. The number of hydrogen-bond donors (Lipinski definition) is 1. The van der Waals surface area contributed by atoms with Crippen LogP contribution in [0, 0.1) is 6.92 Å². The summed E-state index contributed by atoms with van der Waals surface area (Å²) in [5.41, 5.74) is 9.23. The fraction of sp³-hybridized carbons (Fsp3) is 0.562. The molecule has 4 heteroatoms. The smallest absolute Gasteiger partial charge is 0.104 e. The molecule has 2 aliphatic heterocycles. The summed E-state index contributed by atoms with van der Waals surface area (Å²) in [5, 5.41) is 0. The molecule has 3 rings (SSSR count). The van der Waals surface area contributed by atoms with E-state index in [2.05, 4.69) is 41.8 Å². The number of thiocarbonyl (C=S) groups is 1. The Balaban J connectivity index is 1.85. The minimum Gasteiger partial charge on any atom is -0.389 e. The standard InChI is InChI=1S/C16H23N3S/c1-11-8-13(5-6-15(11)16(17)20)19-10-14-4-3-7-18(14)9-12(19)2/h5-6,8,12,14H,3-4,7,9-10H2,1-2H3,(H2,17,20). The van der Waals surface area contributed by atoms with Gasteiger partial charge < -0.3 is 10.6 Å². The number of aryl methyl sites for hydroxylation is 1. The quantitative estimate of drug-likeness (QED) is 0.847. The van der Waals surface area contributed by atoms with Crippen LogP contribution in [0.15, 0.2) is 18.2 Å². The molecule has 0 aliphatic carbocycles. The van der Waals surface area contributed by atoms with Gasteiger partial charge in [0.2, 0.25) is 0 Å². The van der Waals surface area contributed by atoms with Gasteiger partial charge in [-0.25, -0.2) is 0 Å². The van der Waals surface area contributed by atoms with Gasteiger partial charge in [-0.1, -0.05) is 12.2 Å². The lowest BCUT2D eigenvalue weighted by molar-refractivity contribution is 0.203. The van der Waals surface area contributed by atoms with Crippen LogP contribution in [0.2, 0.25) is 0 Å². The van der Waals surface area contributed by atoms with Gasteiger partial charge >= 0.3 is 0 Å². The Morgan fingerprint density at radius 3 is 2.85 bits per heavy atom. The molecule has 2 N–H and O–H groups in total. The minimum atomic E-state index is 0.489. The van der Waals surface area contributed by atoms with Crippen LogP contribution in [0.3, 0.4) is 0 Å². The molecule has 0 radical (unpaired) electrons. The van der Waals surface area contributed by atoms with Crippen LogP contribution in [-0.2, 0) is 0 Å². The largest absolute Gasteiger partial charge is 0.389 e. The highest BCUT2D eigenvalue weighted by Crippen LogP contribution is 2.29. The Morgan fingerprint density at radius 1 is 1.35 bits per heavy atom. The van der Waals surface area contributed by atoms with Gasteiger partial charge in [0.15, 0.2) is 0 Å². The number of nitrogens with zero attached hydrogens (tertiary/aromatic N) is 2. The molecule has 3 nitrogen and oxygen atoms in total. The monoisotopic (exact) mass is 289 g/mol. The second-order valence-electron chi connectivity index (χ2n) is 6.16. The molecule has 1 aromatic carbocycles. The van der Waals surface area contributed by atoms with Crippen LogP contribution >= 0.6 is 12.2 Å². The molecule has 2 aliphatic rings. The SMILES string of the molecule is Cc1cc(N2CC3CCCN3CC2C)ccc1C(N)=S. The molecular formula is C16H23N3S. The van der Waals surface area contributed by atoms with Crippen molar-refractivity contribution >= 4 is 22.9 Å². The van der Waals surface area contributed by atoms with Crippen molar-refractivity contribution in [3.05, 3.63) is 29.3 Å². The molecule has 1 aromatic rings. The zero-order chi connectivity index (χ0) is 14.3. The Labute approximate surface area is 126 Å². The summed E-state index contributed by atoms with van der Waals surface area (Å²) in [5.74, 6) is 0. The number of piperazine rings is 1. The fourth-order valence-electron chi connectivity index (χ4n) is 3.65. The third-order valence-electron chi connectivity index (χ3n) is 4.74. The molecule has 0 bridgehead atoms. The van der Waals surface area contributed by atoms with Gasteiger partial charge in [-0.3, -0.25) is 4.90 Å². The molecule has 2 atom stereocenters. The van der Waals surface area contributed by atoms with Crippen molar-refractivity contribution in [2.45, 2.75) is 38.8 Å². The van der Waals surface area contributed by atoms with E-state index < -0.39 is 0 Å². The Bertz CT molecular complexity index is 528. The van der Waals surface area contributed by atoms with E-state index in [1.165, 1.54) is 37.2 Å². The average Bonchev–Trinajstić information content (AvgIpc) is 2.84. The molecule has 108 valence electrons. The zero-order valence-electron chi connectivity index (χ0n) is 12.3. The van der Waals surface area contributed by atoms with E-state index in [4.69, 9.17) is 18.0 Å². The third kappa shape index (κ3) is 2.42. The normalized spacial score (nSPS) is 26.6. The maximum atomic E-state index is 5.75. The molecule has 0 amide bonds. The van der Waals surface area contributed by atoms with Crippen LogP contribution < -0.4 is 10.6 Å². The Morgan fingerprint density at radius 2 is 2.15 bits per heavy atom. The lowest BCUT2D eigenvalue weighted by Gasteiger charge is -2.43. The van der Waals surface area contributed by atoms with Crippen molar-refractivity contribution < 1.29 is 0 Å². The lowest BCUT2D eigenvalue weighted by atomic mass is 10.0. The molecule has 2 heterocycles. The van der Waals surface area contributed by atoms with Gasteiger partial charge in [-0.05, 0) is 57.0 Å². The van der Waals surface area contributed by atoms with E-state index in [0.717, 1.165) is 18.2 Å². The first-order chi connectivity index (χ1) is 9.56. The summed E-state index contributed by atoms with van der Waals surface area (Å²) in [7, 11) is 0. The van der Waals surface area contributed by atoms with Gasteiger partial charge in [-0.2, -0.15) is 0 Å². The highest BCUT2D eigenvalue weighted by Gasteiger charge is 2.34. The van der Waals surface area contributed by atoms with Crippen LogP contribution in [-0.4, -0.2) is 41.6 Å². The maximum Gasteiger partial charge on any atom is 0.104 e. The van der Waals surface area contributed by atoms with E-state index in [1.807, 2.05) is 0 Å². The van der Waals surface area contributed by atoms with Crippen LogP contribution in [0.5, 0.6) is 0 Å². The number of hydrogen-bond acceptors (Lipinski definition) is 3. The van der Waals surface area contributed by atoms with Gasteiger partial charge in [0.1, 0.15) is 4.99 Å². The first kappa shape index (κ1) is 13.8. The summed E-state index contributed by atoms with van der Waals surface area (Å²) in [6.45, 7) is 8.02. The molecule has 20 heavy (non-hydrogen) atoms. The predicted molar refractivity (Wildman–Crippen MR) is 88.5 cm³/mol. The summed E-state index contributed by atoms with van der Waals surface area (Å²) < 4.78 is 0. The van der Waals surface area contributed by atoms with Crippen LogP contribution in [0.4, 0.5) is 5.69 Å². The number of anilines is 1. The highest BCUT2D eigenvalue weighted by molar-refractivity contribution is 7.80. The van der Waals surface area contributed by atoms with E-state index >= 15 is 0 Å².